The summed E-state index contributed by atoms with van der Waals surface area (Å²) in [5.74, 6) is 0.972. The molecular formula is C21H23NO3. The highest BCUT2D eigenvalue weighted by Gasteiger charge is 2.24. The van der Waals surface area contributed by atoms with Gasteiger partial charge in [-0.15, -0.1) is 0 Å². The Morgan fingerprint density at radius 3 is 2.80 bits per heavy atom. The lowest BCUT2D eigenvalue weighted by Crippen LogP contribution is -2.37. The first-order chi connectivity index (χ1) is 12.3. The van der Waals surface area contributed by atoms with E-state index in [1.165, 1.54) is 0 Å². The highest BCUT2D eigenvalue weighted by atomic mass is 16.5. The molecule has 4 nitrogen and oxygen atoms in total. The Kier molecular flexibility index (Phi) is 4.70. The maximum atomic E-state index is 13.2. The first-order valence-corrected chi connectivity index (χ1v) is 9.00. The molecule has 4 rings (SSSR count). The van der Waals surface area contributed by atoms with E-state index in [9.17, 15) is 4.79 Å². The summed E-state index contributed by atoms with van der Waals surface area (Å²) >= 11 is 0. The van der Waals surface area contributed by atoms with Crippen LogP contribution in [0.1, 0.15) is 34.3 Å². The van der Waals surface area contributed by atoms with Gasteiger partial charge in [-0.3, -0.25) is 4.79 Å². The minimum absolute atomic E-state index is 0.0639. The maximum Gasteiger partial charge on any atom is 0.254 e. The van der Waals surface area contributed by atoms with Crippen molar-refractivity contribution in [2.75, 3.05) is 19.8 Å². The van der Waals surface area contributed by atoms with Crippen LogP contribution in [0, 0.1) is 0 Å². The Labute approximate surface area is 148 Å². The van der Waals surface area contributed by atoms with Gasteiger partial charge in [0.25, 0.3) is 5.91 Å². The smallest absolute Gasteiger partial charge is 0.254 e. The Morgan fingerprint density at radius 2 is 2.00 bits per heavy atom. The molecule has 1 amide bonds. The molecule has 25 heavy (non-hydrogen) atoms. The van der Waals surface area contributed by atoms with Crippen molar-refractivity contribution >= 4 is 5.91 Å². The van der Waals surface area contributed by atoms with Gasteiger partial charge in [0, 0.05) is 31.7 Å². The van der Waals surface area contributed by atoms with Crippen molar-refractivity contribution in [3.63, 3.8) is 0 Å². The topological polar surface area (TPSA) is 38.8 Å². The second kappa shape index (κ2) is 7.28. The summed E-state index contributed by atoms with van der Waals surface area (Å²) in [6.07, 6.45) is 3.12. The van der Waals surface area contributed by atoms with Gasteiger partial charge < -0.3 is 14.4 Å². The van der Waals surface area contributed by atoms with Crippen molar-refractivity contribution in [1.29, 1.82) is 0 Å². The summed E-state index contributed by atoms with van der Waals surface area (Å²) in [7, 11) is 0. The maximum absolute atomic E-state index is 13.2. The van der Waals surface area contributed by atoms with Crippen molar-refractivity contribution in [2.45, 2.75) is 31.9 Å². The van der Waals surface area contributed by atoms with Crippen LogP contribution in [0.3, 0.4) is 0 Å². The van der Waals surface area contributed by atoms with Crippen molar-refractivity contribution in [1.82, 2.24) is 4.90 Å². The van der Waals surface area contributed by atoms with Gasteiger partial charge in [-0.25, -0.2) is 0 Å². The first-order valence-electron chi connectivity index (χ1n) is 9.00. The number of ether oxygens (including phenoxy) is 2. The van der Waals surface area contributed by atoms with Gasteiger partial charge in [0.05, 0.1) is 12.7 Å². The molecule has 2 aromatic rings. The van der Waals surface area contributed by atoms with E-state index in [0.29, 0.717) is 19.7 Å². The highest BCUT2D eigenvalue weighted by Crippen LogP contribution is 2.27. The number of hydrogen-bond donors (Lipinski definition) is 0. The van der Waals surface area contributed by atoms with Crippen LogP contribution in [-0.4, -0.2) is 36.7 Å². The van der Waals surface area contributed by atoms with Gasteiger partial charge in [-0.05, 0) is 42.2 Å². The van der Waals surface area contributed by atoms with Crippen LogP contribution in [0.2, 0.25) is 0 Å². The van der Waals surface area contributed by atoms with E-state index in [2.05, 4.69) is 12.1 Å². The molecule has 1 unspecified atom stereocenters. The van der Waals surface area contributed by atoms with E-state index in [-0.39, 0.29) is 12.0 Å². The average Bonchev–Trinajstić information content (AvgIpc) is 3.32. The van der Waals surface area contributed by atoms with Gasteiger partial charge >= 0.3 is 0 Å². The molecule has 0 N–H and O–H groups in total. The zero-order chi connectivity index (χ0) is 17.1. The SMILES string of the molecule is O=C(c1ccc2c(c1)CCO2)N(Cc1ccccc1)CC1CCCO1. The summed E-state index contributed by atoms with van der Waals surface area (Å²) in [6, 6.07) is 15.9. The Bertz CT molecular complexity index is 738. The Balaban J connectivity index is 1.56. The lowest BCUT2D eigenvalue weighted by molar-refractivity contribution is 0.0507. The molecule has 0 aliphatic carbocycles. The van der Waals surface area contributed by atoms with E-state index >= 15 is 0 Å². The van der Waals surface area contributed by atoms with E-state index in [1.54, 1.807) is 0 Å². The molecule has 0 bridgehead atoms. The van der Waals surface area contributed by atoms with Gasteiger partial charge in [0.1, 0.15) is 5.75 Å². The normalized spacial score (nSPS) is 18.6. The molecule has 2 aliphatic heterocycles. The predicted molar refractivity (Wildman–Crippen MR) is 95.8 cm³/mol. The number of nitrogens with zero attached hydrogens (tertiary/aromatic N) is 1. The Morgan fingerprint density at radius 1 is 1.12 bits per heavy atom. The van der Waals surface area contributed by atoms with Gasteiger partial charge in [0.2, 0.25) is 0 Å². The van der Waals surface area contributed by atoms with Crippen LogP contribution in [0.5, 0.6) is 5.75 Å². The van der Waals surface area contributed by atoms with E-state index in [0.717, 1.165) is 48.3 Å². The third-order valence-corrected chi connectivity index (χ3v) is 4.89. The van der Waals surface area contributed by atoms with Crippen molar-refractivity contribution in [3.05, 3.63) is 65.2 Å². The minimum atomic E-state index is 0.0639. The van der Waals surface area contributed by atoms with E-state index < -0.39 is 0 Å². The number of amides is 1. The van der Waals surface area contributed by atoms with Crippen LogP contribution in [-0.2, 0) is 17.7 Å². The summed E-state index contributed by atoms with van der Waals surface area (Å²) in [4.78, 5) is 15.1. The molecule has 1 atom stereocenters. The first kappa shape index (κ1) is 16.2. The van der Waals surface area contributed by atoms with Gasteiger partial charge in [-0.1, -0.05) is 30.3 Å². The van der Waals surface area contributed by atoms with Crippen LogP contribution >= 0.6 is 0 Å². The third kappa shape index (κ3) is 3.69. The molecule has 1 fully saturated rings. The fourth-order valence-electron chi connectivity index (χ4n) is 3.56. The molecule has 1 saturated heterocycles. The quantitative estimate of drug-likeness (QED) is 0.839. The summed E-state index contributed by atoms with van der Waals surface area (Å²) in [5.41, 5.74) is 3.00. The monoisotopic (exact) mass is 337 g/mol. The van der Waals surface area contributed by atoms with Crippen molar-refractivity contribution in [2.24, 2.45) is 0 Å². The number of carbonyl (C=O) groups excluding carboxylic acids is 1. The molecule has 2 aromatic carbocycles. The molecule has 0 aromatic heterocycles. The van der Waals surface area contributed by atoms with Crippen LogP contribution < -0.4 is 4.74 Å². The number of hydrogen-bond acceptors (Lipinski definition) is 3. The predicted octanol–water partition coefficient (Wildman–Crippen LogP) is 3.44. The minimum Gasteiger partial charge on any atom is -0.493 e. The fourth-order valence-corrected chi connectivity index (χ4v) is 3.56. The highest BCUT2D eigenvalue weighted by molar-refractivity contribution is 5.94. The van der Waals surface area contributed by atoms with Crippen LogP contribution in [0.4, 0.5) is 0 Å². The van der Waals surface area contributed by atoms with Gasteiger partial charge in [0.15, 0.2) is 0 Å². The average molecular weight is 337 g/mol. The molecule has 0 saturated carbocycles. The second-order valence-corrected chi connectivity index (χ2v) is 6.73. The molecule has 2 aliphatic rings. The number of carbonyl (C=O) groups is 1. The van der Waals surface area contributed by atoms with Crippen LogP contribution in [0.25, 0.3) is 0 Å². The largest absolute Gasteiger partial charge is 0.493 e. The molecule has 130 valence electrons. The van der Waals surface area contributed by atoms with E-state index in [4.69, 9.17) is 9.47 Å². The summed E-state index contributed by atoms with van der Waals surface area (Å²) < 4.78 is 11.3. The van der Waals surface area contributed by atoms with Gasteiger partial charge in [-0.2, -0.15) is 0 Å². The summed E-state index contributed by atoms with van der Waals surface area (Å²) in [6.45, 7) is 2.75. The van der Waals surface area contributed by atoms with Crippen molar-refractivity contribution < 1.29 is 14.3 Å². The van der Waals surface area contributed by atoms with Crippen molar-refractivity contribution in [3.8, 4) is 5.75 Å². The second-order valence-electron chi connectivity index (χ2n) is 6.73. The number of rotatable bonds is 5. The van der Waals surface area contributed by atoms with Crippen LogP contribution in [0.15, 0.2) is 48.5 Å². The lowest BCUT2D eigenvalue weighted by atomic mass is 10.1. The third-order valence-electron chi connectivity index (χ3n) is 4.89. The molecule has 2 heterocycles. The summed E-state index contributed by atoms with van der Waals surface area (Å²) in [5, 5.41) is 0. The Hall–Kier alpha value is -2.33. The molecule has 0 radical (unpaired) electrons. The zero-order valence-corrected chi connectivity index (χ0v) is 14.3. The number of benzene rings is 2. The molecule has 4 heteroatoms. The zero-order valence-electron chi connectivity index (χ0n) is 14.3. The fraction of sp³-hybridized carbons (Fsp3) is 0.381. The number of fused-ring (bicyclic) bond motifs is 1. The lowest BCUT2D eigenvalue weighted by Gasteiger charge is -2.26. The van der Waals surface area contributed by atoms with E-state index in [1.807, 2.05) is 41.3 Å². The molecule has 0 spiro atoms. The molecular weight excluding hydrogens is 314 g/mol. The standard InChI is InChI=1S/C21H23NO3/c23-21(18-8-9-20-17(13-18)10-12-25-20)22(15-19-7-4-11-24-19)14-16-5-2-1-3-6-16/h1-3,5-6,8-9,13,19H,4,7,10-12,14-15H2.